The lowest BCUT2D eigenvalue weighted by atomic mass is 10.0. The van der Waals surface area contributed by atoms with E-state index in [1.54, 1.807) is 24.1 Å². The van der Waals surface area contributed by atoms with Gasteiger partial charge in [-0.05, 0) is 25.0 Å². The van der Waals surface area contributed by atoms with Crippen LogP contribution in [-0.4, -0.2) is 30.5 Å². The van der Waals surface area contributed by atoms with Crippen LogP contribution in [0, 0.1) is 12.8 Å². The quantitative estimate of drug-likeness (QED) is 0.814. The number of likely N-dealkylation sites (N-methyl/N-ethyl adjacent to an activating group) is 1. The molecule has 0 amide bonds. The Morgan fingerprint density at radius 1 is 1.39 bits per heavy atom. The van der Waals surface area contributed by atoms with Crippen LogP contribution in [-0.2, 0) is 4.79 Å². The molecule has 1 aromatic carbocycles. The zero-order valence-electron chi connectivity index (χ0n) is 11.2. The Morgan fingerprint density at radius 2 is 2.00 bits per heavy atom. The van der Waals surface area contributed by atoms with Crippen LogP contribution in [0.5, 0.6) is 0 Å². The molecule has 18 heavy (non-hydrogen) atoms. The number of carboxylic acid groups (broad SMARTS) is 1. The van der Waals surface area contributed by atoms with E-state index in [9.17, 15) is 14.7 Å². The lowest BCUT2D eigenvalue weighted by molar-refractivity contribution is -0.139. The second kappa shape index (κ2) is 5.67. The fraction of sp³-hybridized carbons (Fsp3) is 0.429. The van der Waals surface area contributed by atoms with E-state index in [0.29, 0.717) is 11.3 Å². The molecule has 0 bridgehead atoms. The first kappa shape index (κ1) is 14.2. The molecule has 0 spiro atoms. The van der Waals surface area contributed by atoms with Gasteiger partial charge in [0.2, 0.25) is 0 Å². The maximum absolute atomic E-state index is 11.3. The highest BCUT2D eigenvalue weighted by molar-refractivity contribution is 5.87. The SMILES string of the molecule is Cc1ccc(N(C)C(C(=O)O)C(C)C)c(C=O)c1. The highest BCUT2D eigenvalue weighted by Crippen LogP contribution is 2.24. The molecule has 1 atom stereocenters. The summed E-state index contributed by atoms with van der Waals surface area (Å²) in [4.78, 5) is 24.0. The number of aliphatic carboxylic acids is 1. The first-order valence-electron chi connectivity index (χ1n) is 5.90. The Bertz CT molecular complexity index is 454. The number of carbonyl (C=O) groups is 2. The minimum absolute atomic E-state index is 0.0479. The van der Waals surface area contributed by atoms with E-state index in [1.807, 2.05) is 26.8 Å². The molecule has 0 saturated heterocycles. The third kappa shape index (κ3) is 2.88. The summed E-state index contributed by atoms with van der Waals surface area (Å²) in [5.74, 6) is -0.932. The van der Waals surface area contributed by atoms with Gasteiger partial charge in [0, 0.05) is 18.3 Å². The zero-order valence-corrected chi connectivity index (χ0v) is 11.2. The molecule has 1 unspecified atom stereocenters. The standard InChI is InChI=1S/C14H19NO3/c1-9(2)13(14(17)18)15(4)12-6-5-10(3)7-11(12)8-16/h5-9,13H,1-4H3,(H,17,18). The smallest absolute Gasteiger partial charge is 0.326 e. The van der Waals surface area contributed by atoms with Gasteiger partial charge in [0.25, 0.3) is 0 Å². The lowest BCUT2D eigenvalue weighted by Crippen LogP contribution is -2.42. The lowest BCUT2D eigenvalue weighted by Gasteiger charge is -2.30. The number of carbonyl (C=O) groups excluding carboxylic acids is 1. The number of carboxylic acids is 1. The van der Waals surface area contributed by atoms with E-state index in [0.717, 1.165) is 11.8 Å². The van der Waals surface area contributed by atoms with E-state index >= 15 is 0 Å². The molecule has 4 heteroatoms. The molecule has 4 nitrogen and oxygen atoms in total. The highest BCUT2D eigenvalue weighted by atomic mass is 16.4. The Kier molecular flexibility index (Phi) is 4.48. The maximum atomic E-state index is 11.3. The number of hydrogen-bond donors (Lipinski definition) is 1. The monoisotopic (exact) mass is 249 g/mol. The average molecular weight is 249 g/mol. The molecule has 98 valence electrons. The Labute approximate surface area is 107 Å². The predicted molar refractivity (Wildman–Crippen MR) is 71.2 cm³/mol. The number of aldehydes is 1. The Hall–Kier alpha value is -1.84. The Balaban J connectivity index is 3.20. The van der Waals surface area contributed by atoms with Gasteiger partial charge < -0.3 is 10.0 Å². The van der Waals surface area contributed by atoms with Crippen LogP contribution < -0.4 is 4.90 Å². The van der Waals surface area contributed by atoms with Crippen LogP contribution in [0.3, 0.4) is 0 Å². The van der Waals surface area contributed by atoms with Crippen LogP contribution in [0.4, 0.5) is 5.69 Å². The molecular formula is C14H19NO3. The van der Waals surface area contributed by atoms with Crippen molar-refractivity contribution in [3.8, 4) is 0 Å². The van der Waals surface area contributed by atoms with E-state index in [2.05, 4.69) is 0 Å². The van der Waals surface area contributed by atoms with Crippen LogP contribution in [0.15, 0.2) is 18.2 Å². The predicted octanol–water partition coefficient (Wildman–Crippen LogP) is 2.35. The molecule has 1 aromatic rings. The van der Waals surface area contributed by atoms with Crippen molar-refractivity contribution in [3.05, 3.63) is 29.3 Å². The van der Waals surface area contributed by atoms with Crippen molar-refractivity contribution in [2.75, 3.05) is 11.9 Å². The van der Waals surface area contributed by atoms with Gasteiger partial charge in [0.1, 0.15) is 6.04 Å². The summed E-state index contributed by atoms with van der Waals surface area (Å²) in [6, 6.07) is 4.78. The summed E-state index contributed by atoms with van der Waals surface area (Å²) in [5.41, 5.74) is 2.15. The number of hydrogen-bond acceptors (Lipinski definition) is 3. The molecule has 0 heterocycles. The molecule has 0 aliphatic heterocycles. The number of benzene rings is 1. The molecule has 1 N–H and O–H groups in total. The highest BCUT2D eigenvalue weighted by Gasteiger charge is 2.27. The summed E-state index contributed by atoms with van der Waals surface area (Å²) in [6.07, 6.45) is 0.762. The van der Waals surface area contributed by atoms with Crippen molar-refractivity contribution < 1.29 is 14.7 Å². The van der Waals surface area contributed by atoms with Gasteiger partial charge in [-0.3, -0.25) is 4.79 Å². The third-order valence-electron chi connectivity index (χ3n) is 2.99. The van der Waals surface area contributed by atoms with Crippen molar-refractivity contribution in [1.82, 2.24) is 0 Å². The minimum Gasteiger partial charge on any atom is -0.480 e. The second-order valence-electron chi connectivity index (χ2n) is 4.82. The first-order valence-corrected chi connectivity index (χ1v) is 5.90. The summed E-state index contributed by atoms with van der Waals surface area (Å²) in [6.45, 7) is 5.60. The molecule has 0 aliphatic rings. The van der Waals surface area contributed by atoms with E-state index < -0.39 is 12.0 Å². The molecule has 1 rings (SSSR count). The molecule has 0 saturated carbocycles. The topological polar surface area (TPSA) is 57.6 Å². The summed E-state index contributed by atoms with van der Waals surface area (Å²) >= 11 is 0. The van der Waals surface area contributed by atoms with Gasteiger partial charge >= 0.3 is 5.97 Å². The molecule has 0 aliphatic carbocycles. The van der Waals surface area contributed by atoms with Gasteiger partial charge in [-0.15, -0.1) is 0 Å². The number of nitrogens with zero attached hydrogens (tertiary/aromatic N) is 1. The fourth-order valence-electron chi connectivity index (χ4n) is 2.14. The maximum Gasteiger partial charge on any atom is 0.326 e. The van der Waals surface area contributed by atoms with Crippen molar-refractivity contribution in [3.63, 3.8) is 0 Å². The van der Waals surface area contributed by atoms with Crippen molar-refractivity contribution >= 4 is 17.9 Å². The zero-order chi connectivity index (χ0) is 13.9. The van der Waals surface area contributed by atoms with Crippen molar-refractivity contribution in [2.24, 2.45) is 5.92 Å². The average Bonchev–Trinajstić information content (AvgIpc) is 2.27. The van der Waals surface area contributed by atoms with Gasteiger partial charge in [-0.25, -0.2) is 4.79 Å². The molecule has 0 radical (unpaired) electrons. The normalized spacial score (nSPS) is 12.3. The third-order valence-corrected chi connectivity index (χ3v) is 2.99. The molecular weight excluding hydrogens is 230 g/mol. The number of anilines is 1. The van der Waals surface area contributed by atoms with E-state index in [4.69, 9.17) is 0 Å². The summed E-state index contributed by atoms with van der Waals surface area (Å²) in [7, 11) is 1.70. The van der Waals surface area contributed by atoms with Gasteiger partial charge in [-0.2, -0.15) is 0 Å². The summed E-state index contributed by atoms with van der Waals surface area (Å²) < 4.78 is 0. The van der Waals surface area contributed by atoms with E-state index in [1.165, 1.54) is 0 Å². The number of rotatable bonds is 5. The van der Waals surface area contributed by atoms with Crippen molar-refractivity contribution in [2.45, 2.75) is 26.8 Å². The van der Waals surface area contributed by atoms with E-state index in [-0.39, 0.29) is 5.92 Å². The minimum atomic E-state index is -0.884. The largest absolute Gasteiger partial charge is 0.480 e. The van der Waals surface area contributed by atoms with Crippen LogP contribution >= 0.6 is 0 Å². The molecule has 0 aromatic heterocycles. The van der Waals surface area contributed by atoms with Gasteiger partial charge in [0.05, 0.1) is 0 Å². The summed E-state index contributed by atoms with van der Waals surface area (Å²) in [5, 5.41) is 9.26. The van der Waals surface area contributed by atoms with Gasteiger partial charge in [0.15, 0.2) is 6.29 Å². The Morgan fingerprint density at radius 3 is 2.44 bits per heavy atom. The van der Waals surface area contributed by atoms with Crippen LogP contribution in [0.1, 0.15) is 29.8 Å². The number of aryl methyl sites for hydroxylation is 1. The second-order valence-corrected chi connectivity index (χ2v) is 4.82. The first-order chi connectivity index (χ1) is 8.38. The van der Waals surface area contributed by atoms with Crippen LogP contribution in [0.2, 0.25) is 0 Å². The van der Waals surface area contributed by atoms with Gasteiger partial charge in [-0.1, -0.05) is 25.5 Å². The fourth-order valence-corrected chi connectivity index (χ4v) is 2.14. The van der Waals surface area contributed by atoms with Crippen LogP contribution in [0.25, 0.3) is 0 Å². The van der Waals surface area contributed by atoms with Crippen molar-refractivity contribution in [1.29, 1.82) is 0 Å². The molecule has 0 fully saturated rings.